The molecular weight excluding hydrogens is 422 g/mol. The second-order valence-corrected chi connectivity index (χ2v) is 10.0. The number of hydrogen-bond acceptors (Lipinski definition) is 4. The summed E-state index contributed by atoms with van der Waals surface area (Å²) in [6, 6.07) is 21.9. The molecule has 166 valence electrons. The van der Waals surface area contributed by atoms with Crippen molar-refractivity contribution in [2.75, 3.05) is 10.8 Å². The molecular formula is C25H27N3O3S. The zero-order valence-corrected chi connectivity index (χ0v) is 19.2. The first-order valence-corrected chi connectivity index (χ1v) is 12.0. The molecule has 1 N–H and O–H groups in total. The van der Waals surface area contributed by atoms with Crippen LogP contribution in [0.3, 0.4) is 0 Å². The second-order valence-electron chi connectivity index (χ2n) is 8.14. The summed E-state index contributed by atoms with van der Waals surface area (Å²) >= 11 is 0. The fourth-order valence-corrected chi connectivity index (χ4v) is 5.35. The number of aliphatic hydroxyl groups is 1. The summed E-state index contributed by atoms with van der Waals surface area (Å²) in [4.78, 5) is 0.190. The number of rotatable bonds is 7. The van der Waals surface area contributed by atoms with Crippen LogP contribution in [-0.4, -0.2) is 36.0 Å². The third kappa shape index (κ3) is 4.54. The van der Waals surface area contributed by atoms with Gasteiger partial charge in [-0.25, -0.2) is 8.42 Å². The highest BCUT2D eigenvalue weighted by Crippen LogP contribution is 2.27. The third-order valence-corrected chi connectivity index (χ3v) is 7.28. The van der Waals surface area contributed by atoms with E-state index < -0.39 is 16.1 Å². The van der Waals surface area contributed by atoms with Gasteiger partial charge in [-0.3, -0.25) is 8.99 Å². The highest BCUT2D eigenvalue weighted by Gasteiger charge is 2.28. The monoisotopic (exact) mass is 449 g/mol. The van der Waals surface area contributed by atoms with E-state index in [1.165, 1.54) is 4.31 Å². The first kappa shape index (κ1) is 22.0. The molecule has 4 aromatic rings. The number of aryl methyl sites for hydroxylation is 3. The molecule has 0 fully saturated rings. The van der Waals surface area contributed by atoms with Crippen LogP contribution in [0.15, 0.2) is 77.7 Å². The number of nitrogens with zero attached hydrogens (tertiary/aromatic N) is 3. The van der Waals surface area contributed by atoms with E-state index >= 15 is 0 Å². The van der Waals surface area contributed by atoms with Gasteiger partial charge in [0.2, 0.25) is 0 Å². The van der Waals surface area contributed by atoms with Crippen molar-refractivity contribution in [2.45, 2.75) is 38.3 Å². The molecule has 7 heteroatoms. The molecule has 0 bridgehead atoms. The molecule has 0 spiro atoms. The average molecular weight is 450 g/mol. The van der Waals surface area contributed by atoms with Gasteiger partial charge >= 0.3 is 0 Å². The van der Waals surface area contributed by atoms with Gasteiger partial charge in [0.25, 0.3) is 10.0 Å². The topological polar surface area (TPSA) is 75.4 Å². The quantitative estimate of drug-likeness (QED) is 0.458. The summed E-state index contributed by atoms with van der Waals surface area (Å²) in [7, 11) is -3.91. The van der Waals surface area contributed by atoms with Gasteiger partial charge in [-0.1, -0.05) is 48.0 Å². The van der Waals surface area contributed by atoms with Crippen LogP contribution in [-0.2, 0) is 16.6 Å². The van der Waals surface area contributed by atoms with Crippen LogP contribution in [0.1, 0.15) is 17.0 Å². The number of fused-ring (bicyclic) bond motifs is 1. The first-order chi connectivity index (χ1) is 15.2. The molecule has 0 aliphatic rings. The SMILES string of the molecule is Cc1ccc(N(C[C@H](O)Cn2nc(C)cc2C)S(=O)(=O)c2ccc3ccccc3c2)cc1. The predicted molar refractivity (Wildman–Crippen MR) is 127 cm³/mol. The van der Waals surface area contributed by atoms with Crippen LogP contribution in [0.25, 0.3) is 10.8 Å². The molecule has 1 aromatic heterocycles. The van der Waals surface area contributed by atoms with Crippen LogP contribution in [0.2, 0.25) is 0 Å². The summed E-state index contributed by atoms with van der Waals surface area (Å²) in [5.74, 6) is 0. The van der Waals surface area contributed by atoms with Gasteiger partial charge in [-0.05, 0) is 61.9 Å². The normalized spacial score (nSPS) is 12.8. The molecule has 0 radical (unpaired) electrons. The maximum atomic E-state index is 13.7. The van der Waals surface area contributed by atoms with E-state index in [0.29, 0.717) is 5.69 Å². The van der Waals surface area contributed by atoms with Crippen LogP contribution in [0.5, 0.6) is 0 Å². The van der Waals surface area contributed by atoms with Crippen LogP contribution < -0.4 is 4.31 Å². The van der Waals surface area contributed by atoms with E-state index in [4.69, 9.17) is 0 Å². The molecule has 32 heavy (non-hydrogen) atoms. The number of anilines is 1. The molecule has 0 amide bonds. The van der Waals surface area contributed by atoms with E-state index in [1.54, 1.807) is 28.9 Å². The van der Waals surface area contributed by atoms with Crippen LogP contribution in [0.4, 0.5) is 5.69 Å². The van der Waals surface area contributed by atoms with Gasteiger partial charge in [0, 0.05) is 5.69 Å². The minimum Gasteiger partial charge on any atom is -0.389 e. The van der Waals surface area contributed by atoms with E-state index in [9.17, 15) is 13.5 Å². The van der Waals surface area contributed by atoms with Crippen molar-refractivity contribution in [1.82, 2.24) is 9.78 Å². The van der Waals surface area contributed by atoms with Crippen molar-refractivity contribution in [3.05, 3.63) is 89.7 Å². The highest BCUT2D eigenvalue weighted by molar-refractivity contribution is 7.92. The van der Waals surface area contributed by atoms with Crippen molar-refractivity contribution in [1.29, 1.82) is 0 Å². The Morgan fingerprint density at radius 2 is 1.62 bits per heavy atom. The zero-order valence-electron chi connectivity index (χ0n) is 18.4. The van der Waals surface area contributed by atoms with Gasteiger partial charge < -0.3 is 5.11 Å². The molecule has 6 nitrogen and oxygen atoms in total. The fourth-order valence-electron chi connectivity index (χ4n) is 3.82. The lowest BCUT2D eigenvalue weighted by Gasteiger charge is -2.27. The largest absolute Gasteiger partial charge is 0.389 e. The maximum absolute atomic E-state index is 13.7. The second kappa shape index (κ2) is 8.76. The Morgan fingerprint density at radius 1 is 0.938 bits per heavy atom. The molecule has 3 aromatic carbocycles. The summed E-state index contributed by atoms with van der Waals surface area (Å²) in [5.41, 5.74) is 3.31. The van der Waals surface area contributed by atoms with Crippen molar-refractivity contribution < 1.29 is 13.5 Å². The molecule has 0 unspecified atom stereocenters. The van der Waals surface area contributed by atoms with Crippen molar-refractivity contribution >= 4 is 26.5 Å². The van der Waals surface area contributed by atoms with E-state index in [1.807, 2.05) is 69.3 Å². The van der Waals surface area contributed by atoms with Crippen molar-refractivity contribution in [3.63, 3.8) is 0 Å². The number of aromatic nitrogens is 2. The number of aliphatic hydroxyl groups excluding tert-OH is 1. The smallest absolute Gasteiger partial charge is 0.264 e. The molecule has 0 saturated carbocycles. The van der Waals surface area contributed by atoms with Gasteiger partial charge in [0.1, 0.15) is 0 Å². The first-order valence-electron chi connectivity index (χ1n) is 10.5. The Bertz CT molecular complexity index is 1340. The Balaban J connectivity index is 1.70. The van der Waals surface area contributed by atoms with E-state index in [2.05, 4.69) is 5.10 Å². The van der Waals surface area contributed by atoms with E-state index in [0.717, 1.165) is 27.7 Å². The summed E-state index contributed by atoms with van der Waals surface area (Å²) in [5, 5.41) is 17.0. The van der Waals surface area contributed by atoms with Crippen LogP contribution >= 0.6 is 0 Å². The van der Waals surface area contributed by atoms with E-state index in [-0.39, 0.29) is 18.0 Å². The molecule has 0 aliphatic carbocycles. The average Bonchev–Trinajstić information content (AvgIpc) is 3.08. The standard InChI is InChI=1S/C25H27N3O3S/c1-18-8-11-23(12-9-18)28(17-24(29)16-27-20(3)14-19(2)26-27)32(30,31)25-13-10-21-6-4-5-7-22(21)15-25/h4-15,24,29H,16-17H2,1-3H3/t24-/m1/s1. The Kier molecular flexibility index (Phi) is 6.04. The summed E-state index contributed by atoms with van der Waals surface area (Å²) in [6.45, 7) is 5.87. The molecule has 4 rings (SSSR count). The van der Waals surface area contributed by atoms with Crippen molar-refractivity contribution in [2.24, 2.45) is 0 Å². The minimum absolute atomic E-state index is 0.0867. The maximum Gasteiger partial charge on any atom is 0.264 e. The minimum atomic E-state index is -3.91. The zero-order chi connectivity index (χ0) is 22.9. The number of hydrogen-bond donors (Lipinski definition) is 1. The Labute approximate surface area is 188 Å². The lowest BCUT2D eigenvalue weighted by Crippen LogP contribution is -2.39. The summed E-state index contributed by atoms with van der Waals surface area (Å²) in [6.07, 6.45) is -0.940. The molecule has 0 saturated heterocycles. The van der Waals surface area contributed by atoms with Gasteiger partial charge in [0.15, 0.2) is 0 Å². The third-order valence-electron chi connectivity index (χ3n) is 5.49. The molecule has 1 atom stereocenters. The van der Waals surface area contributed by atoms with Crippen LogP contribution in [0, 0.1) is 20.8 Å². The summed E-state index contributed by atoms with van der Waals surface area (Å²) < 4.78 is 30.4. The Morgan fingerprint density at radius 3 is 2.28 bits per heavy atom. The number of benzene rings is 3. The lowest BCUT2D eigenvalue weighted by molar-refractivity contribution is 0.157. The van der Waals surface area contributed by atoms with Gasteiger partial charge in [-0.15, -0.1) is 0 Å². The Hall–Kier alpha value is -3.16. The van der Waals surface area contributed by atoms with Gasteiger partial charge in [-0.2, -0.15) is 5.10 Å². The lowest BCUT2D eigenvalue weighted by atomic mass is 10.1. The predicted octanol–water partition coefficient (Wildman–Crippen LogP) is 4.22. The molecule has 1 heterocycles. The number of sulfonamides is 1. The van der Waals surface area contributed by atoms with Gasteiger partial charge in [0.05, 0.1) is 35.5 Å². The molecule has 0 aliphatic heterocycles. The highest BCUT2D eigenvalue weighted by atomic mass is 32.2. The fraction of sp³-hybridized carbons (Fsp3) is 0.240. The van der Waals surface area contributed by atoms with Crippen molar-refractivity contribution in [3.8, 4) is 0 Å².